The lowest BCUT2D eigenvalue weighted by Crippen LogP contribution is -2.16. The molecule has 1 amide bonds. The molecule has 0 radical (unpaired) electrons. The molecule has 0 aliphatic carbocycles. The molecule has 0 saturated heterocycles. The Morgan fingerprint density at radius 2 is 2.00 bits per heavy atom. The lowest BCUT2D eigenvalue weighted by molar-refractivity contribution is -0.113. The molecule has 2 aromatic heterocycles. The third-order valence-corrected chi connectivity index (χ3v) is 5.55. The van der Waals surface area contributed by atoms with Crippen LogP contribution in [0, 0.1) is 13.8 Å². The number of pyridine rings is 1. The number of thioether (sulfide) groups is 1. The Labute approximate surface area is 170 Å². The fourth-order valence-corrected chi connectivity index (χ4v) is 4.24. The molecule has 0 spiro atoms. The van der Waals surface area contributed by atoms with Crippen LogP contribution >= 0.6 is 43.6 Å². The summed E-state index contributed by atoms with van der Waals surface area (Å²) in [4.78, 5) is 35.9. The summed E-state index contributed by atoms with van der Waals surface area (Å²) >= 11 is 7.92. The van der Waals surface area contributed by atoms with Crippen LogP contribution in [-0.2, 0) is 4.79 Å². The number of aromatic nitrogens is 3. The van der Waals surface area contributed by atoms with Gasteiger partial charge in [0.05, 0.1) is 16.8 Å². The summed E-state index contributed by atoms with van der Waals surface area (Å²) in [5, 5.41) is 3.66. The van der Waals surface area contributed by atoms with E-state index in [1.807, 2.05) is 32.0 Å². The molecule has 0 unspecified atom stereocenters. The van der Waals surface area contributed by atoms with Gasteiger partial charge in [0.25, 0.3) is 5.56 Å². The largest absolute Gasteiger partial charge is 0.324 e. The fourth-order valence-electron chi connectivity index (χ4n) is 2.44. The molecule has 0 saturated carbocycles. The van der Waals surface area contributed by atoms with E-state index in [-0.39, 0.29) is 17.2 Å². The van der Waals surface area contributed by atoms with Crippen molar-refractivity contribution in [2.24, 2.45) is 0 Å². The van der Waals surface area contributed by atoms with Crippen molar-refractivity contribution >= 4 is 66.2 Å². The maximum atomic E-state index is 12.3. The van der Waals surface area contributed by atoms with Gasteiger partial charge in [0.15, 0.2) is 10.8 Å². The predicted octanol–water partition coefficient (Wildman–Crippen LogP) is 4.19. The molecule has 0 bridgehead atoms. The molecule has 9 heteroatoms. The molecule has 0 aliphatic rings. The number of aromatic amines is 1. The molecule has 3 aromatic rings. The van der Waals surface area contributed by atoms with Gasteiger partial charge in [-0.25, -0.2) is 9.97 Å². The highest BCUT2D eigenvalue weighted by molar-refractivity contribution is 9.11. The quantitative estimate of drug-likeness (QED) is 0.416. The van der Waals surface area contributed by atoms with Crippen LogP contribution in [0.15, 0.2) is 43.2 Å². The first kappa shape index (κ1) is 19.1. The summed E-state index contributed by atoms with van der Waals surface area (Å²) in [6.45, 7) is 3.70. The zero-order chi connectivity index (χ0) is 18.8. The van der Waals surface area contributed by atoms with Gasteiger partial charge in [0.1, 0.15) is 0 Å². The van der Waals surface area contributed by atoms with Crippen molar-refractivity contribution in [1.82, 2.24) is 15.0 Å². The molecule has 134 valence electrons. The van der Waals surface area contributed by atoms with Crippen LogP contribution in [0.1, 0.15) is 11.3 Å². The number of fused-ring (bicyclic) bond motifs is 1. The molecular formula is C17H14Br2N4O2S. The van der Waals surface area contributed by atoms with Crippen LogP contribution in [0.25, 0.3) is 11.0 Å². The van der Waals surface area contributed by atoms with Crippen molar-refractivity contribution in [3.63, 3.8) is 0 Å². The maximum absolute atomic E-state index is 12.3. The van der Waals surface area contributed by atoms with Gasteiger partial charge in [0, 0.05) is 14.6 Å². The smallest absolute Gasteiger partial charge is 0.261 e. The predicted molar refractivity (Wildman–Crippen MR) is 111 cm³/mol. The van der Waals surface area contributed by atoms with Crippen molar-refractivity contribution < 1.29 is 4.79 Å². The van der Waals surface area contributed by atoms with Crippen molar-refractivity contribution in [3.05, 3.63) is 54.8 Å². The molecule has 3 rings (SSSR count). The number of carbonyl (C=O) groups is 1. The number of rotatable bonds is 4. The first-order valence-electron chi connectivity index (χ1n) is 7.59. The van der Waals surface area contributed by atoms with Gasteiger partial charge in [-0.1, -0.05) is 27.7 Å². The van der Waals surface area contributed by atoms with E-state index in [4.69, 9.17) is 0 Å². The lowest BCUT2D eigenvalue weighted by atomic mass is 10.2. The number of amides is 1. The highest BCUT2D eigenvalue weighted by atomic mass is 79.9. The Morgan fingerprint density at radius 1 is 1.23 bits per heavy atom. The van der Waals surface area contributed by atoms with Crippen LogP contribution in [0.4, 0.5) is 5.69 Å². The number of H-pyrrole nitrogens is 1. The number of halogens is 2. The summed E-state index contributed by atoms with van der Waals surface area (Å²) in [5.41, 5.74) is 2.44. The van der Waals surface area contributed by atoms with E-state index in [2.05, 4.69) is 52.1 Å². The first-order valence-corrected chi connectivity index (χ1v) is 10.2. The van der Waals surface area contributed by atoms with Gasteiger partial charge < -0.3 is 10.3 Å². The van der Waals surface area contributed by atoms with Gasteiger partial charge in [0.2, 0.25) is 5.91 Å². The van der Waals surface area contributed by atoms with Crippen molar-refractivity contribution in [1.29, 1.82) is 0 Å². The number of aryl methyl sites for hydroxylation is 2. The highest BCUT2D eigenvalue weighted by Gasteiger charge is 2.11. The Morgan fingerprint density at radius 3 is 2.73 bits per heavy atom. The SMILES string of the molecule is Cc1cc(C)c2c(=O)[nH]c(SCC(=O)Nc3ccc(Br)cc3Br)nc2n1. The Bertz CT molecular complexity index is 1070. The zero-order valence-corrected chi connectivity index (χ0v) is 17.9. The Kier molecular flexibility index (Phi) is 5.79. The molecule has 26 heavy (non-hydrogen) atoms. The van der Waals surface area contributed by atoms with Gasteiger partial charge >= 0.3 is 0 Å². The molecule has 0 fully saturated rings. The van der Waals surface area contributed by atoms with Gasteiger partial charge in [-0.3, -0.25) is 9.59 Å². The number of nitrogens with zero attached hydrogens (tertiary/aromatic N) is 2. The van der Waals surface area contributed by atoms with Crippen LogP contribution < -0.4 is 10.9 Å². The van der Waals surface area contributed by atoms with Crippen LogP contribution in [-0.4, -0.2) is 26.6 Å². The van der Waals surface area contributed by atoms with Crippen LogP contribution in [0.5, 0.6) is 0 Å². The molecule has 0 atom stereocenters. The summed E-state index contributed by atoms with van der Waals surface area (Å²) in [6, 6.07) is 7.33. The second kappa shape index (κ2) is 7.89. The van der Waals surface area contributed by atoms with Gasteiger partial charge in [-0.15, -0.1) is 0 Å². The average Bonchev–Trinajstić information content (AvgIpc) is 2.54. The molecule has 6 nitrogen and oxygen atoms in total. The van der Waals surface area contributed by atoms with E-state index in [9.17, 15) is 9.59 Å². The van der Waals surface area contributed by atoms with Crippen LogP contribution in [0.3, 0.4) is 0 Å². The molecule has 2 N–H and O–H groups in total. The lowest BCUT2D eigenvalue weighted by Gasteiger charge is -2.08. The van der Waals surface area contributed by atoms with E-state index < -0.39 is 0 Å². The number of nitrogens with one attached hydrogen (secondary N) is 2. The van der Waals surface area contributed by atoms with Gasteiger partial charge in [-0.05, 0) is 59.6 Å². The number of hydrogen-bond donors (Lipinski definition) is 2. The minimum absolute atomic E-state index is 0.113. The minimum Gasteiger partial charge on any atom is -0.324 e. The van der Waals surface area contributed by atoms with E-state index in [0.717, 1.165) is 32.0 Å². The third kappa shape index (κ3) is 4.33. The van der Waals surface area contributed by atoms with Crippen molar-refractivity contribution in [2.75, 3.05) is 11.1 Å². The number of hydrogen-bond acceptors (Lipinski definition) is 5. The van der Waals surface area contributed by atoms with Crippen LogP contribution in [0.2, 0.25) is 0 Å². The monoisotopic (exact) mass is 496 g/mol. The van der Waals surface area contributed by atoms with E-state index in [1.54, 1.807) is 6.07 Å². The average molecular weight is 498 g/mol. The topological polar surface area (TPSA) is 87.7 Å². The third-order valence-electron chi connectivity index (χ3n) is 3.53. The second-order valence-corrected chi connectivity index (χ2v) is 8.35. The second-order valence-electron chi connectivity index (χ2n) is 5.61. The van der Waals surface area contributed by atoms with E-state index in [0.29, 0.717) is 21.9 Å². The van der Waals surface area contributed by atoms with Crippen molar-refractivity contribution in [3.8, 4) is 0 Å². The Balaban J connectivity index is 1.75. The summed E-state index contributed by atoms with van der Waals surface area (Å²) in [6.07, 6.45) is 0. The molecular weight excluding hydrogens is 484 g/mol. The van der Waals surface area contributed by atoms with E-state index >= 15 is 0 Å². The molecule has 2 heterocycles. The van der Waals surface area contributed by atoms with E-state index in [1.165, 1.54) is 0 Å². The van der Waals surface area contributed by atoms with Gasteiger partial charge in [-0.2, -0.15) is 0 Å². The summed E-state index contributed by atoms with van der Waals surface area (Å²) < 4.78 is 1.69. The standard InChI is InChI=1S/C17H14Br2N4O2S/c1-8-5-9(2)20-15-14(8)16(25)23-17(22-15)26-7-13(24)21-12-4-3-10(18)6-11(12)19/h3-6H,7H2,1-2H3,(H,21,24)(H,20,22,23,25). The normalized spacial score (nSPS) is 10.9. The first-order chi connectivity index (χ1) is 12.3. The number of benzene rings is 1. The fraction of sp³-hybridized carbons (Fsp3) is 0.176. The maximum Gasteiger partial charge on any atom is 0.261 e. The molecule has 1 aromatic carbocycles. The summed E-state index contributed by atoms with van der Waals surface area (Å²) in [7, 11) is 0. The number of anilines is 1. The minimum atomic E-state index is -0.251. The zero-order valence-electron chi connectivity index (χ0n) is 13.9. The van der Waals surface area contributed by atoms with Crippen molar-refractivity contribution in [2.45, 2.75) is 19.0 Å². The summed E-state index contributed by atoms with van der Waals surface area (Å²) in [5.74, 6) is -0.0870. The number of carbonyl (C=O) groups excluding carboxylic acids is 1. The molecule has 0 aliphatic heterocycles. The highest BCUT2D eigenvalue weighted by Crippen LogP contribution is 2.26. The Hall–Kier alpha value is -1.71.